The maximum Gasteiger partial charge on any atom is 0.406 e. The van der Waals surface area contributed by atoms with E-state index in [-0.39, 0.29) is 155 Å². The van der Waals surface area contributed by atoms with Gasteiger partial charge in [-0.05, 0) is 65.6 Å². The molecule has 4 atom stereocenters. The van der Waals surface area contributed by atoms with Gasteiger partial charge in [-0.15, -0.1) is 0 Å². The van der Waals surface area contributed by atoms with Crippen LogP contribution in [0.2, 0.25) is 0 Å². The van der Waals surface area contributed by atoms with E-state index in [1.807, 2.05) is 13.0 Å². The van der Waals surface area contributed by atoms with E-state index in [0.29, 0.717) is 36.0 Å². The number of carbonyl (C=O) groups is 10. The minimum Gasteiger partial charge on any atom is -0.480 e. The Hall–Kier alpha value is -9.25. The second kappa shape index (κ2) is 44.0. The molecule has 3 amide bonds. The third-order valence-electron chi connectivity index (χ3n) is 15.8. The largest absolute Gasteiger partial charge is 0.480 e. The van der Waals surface area contributed by atoms with Crippen molar-refractivity contribution in [2.75, 3.05) is 98.3 Å². The number of unbranched alkanes of at least 4 members (excludes halogenated alkanes) is 1. The summed E-state index contributed by atoms with van der Waals surface area (Å²) in [7, 11) is -4.52. The Morgan fingerprint density at radius 3 is 1.26 bits per heavy atom. The zero-order valence-electron chi connectivity index (χ0n) is 56.2. The summed E-state index contributed by atoms with van der Waals surface area (Å²) >= 11 is 0. The fraction of sp³-hybridized carbons (Fsp3) is 0.437. The van der Waals surface area contributed by atoms with Crippen molar-refractivity contribution in [3.05, 3.63) is 179 Å². The first-order valence-corrected chi connectivity index (χ1v) is 34.7. The molecule has 28 nitrogen and oxygen atoms in total. The average Bonchev–Trinajstić information content (AvgIpc) is 0.870. The van der Waals surface area contributed by atoms with E-state index in [4.69, 9.17) is 28.0 Å². The number of esters is 4. The molecule has 0 saturated carbocycles. The summed E-state index contributed by atoms with van der Waals surface area (Å²) in [5, 5.41) is 39.6. The van der Waals surface area contributed by atoms with E-state index in [0.717, 1.165) is 11.1 Å². The van der Waals surface area contributed by atoms with Crippen molar-refractivity contribution in [2.45, 2.75) is 103 Å². The van der Waals surface area contributed by atoms with Crippen LogP contribution in [0.1, 0.15) is 90.0 Å². The molecule has 1 heterocycles. The van der Waals surface area contributed by atoms with Crippen LogP contribution in [0.3, 0.4) is 0 Å². The SMILES string of the molecule is CCCCOP(=O)(N[C@@H](CCC(=O)OCc1ccccc1)C(=O)OCc1ccccc1)OCC[C@H](NC(=O)CC[C@@H](NC(=O)c1ccc(CCNC(=O)CN2CCN(CC(=O)O)CCN(CC(=O)O)CCN(CC(=O)O)CC2)cc1)C(=O)OCc1ccccc1)C(=O)OCc1ccccc1. The van der Waals surface area contributed by atoms with E-state index in [1.54, 1.807) is 147 Å². The Labute approximate surface area is 581 Å². The summed E-state index contributed by atoms with van der Waals surface area (Å²) < 4.78 is 48.8. The molecule has 0 radical (unpaired) electrons. The molecular weight excluding hydrogens is 1320 g/mol. The highest BCUT2D eigenvalue weighted by Gasteiger charge is 2.35. The topological polar surface area (TPSA) is 365 Å². The highest BCUT2D eigenvalue weighted by molar-refractivity contribution is 7.51. The van der Waals surface area contributed by atoms with Crippen LogP contribution in [0.15, 0.2) is 146 Å². The molecule has 0 bridgehead atoms. The van der Waals surface area contributed by atoms with Gasteiger partial charge in [0.25, 0.3) is 5.91 Å². The van der Waals surface area contributed by atoms with Crippen LogP contribution < -0.4 is 21.0 Å². The third-order valence-corrected chi connectivity index (χ3v) is 17.4. The van der Waals surface area contributed by atoms with Gasteiger partial charge < -0.3 is 50.2 Å². The van der Waals surface area contributed by atoms with Crippen LogP contribution in [0.25, 0.3) is 0 Å². The number of carbonyl (C=O) groups excluding carboxylic acids is 7. The number of amides is 3. The number of nitrogens with zero attached hydrogens (tertiary/aromatic N) is 4. The number of hydrogen-bond acceptors (Lipinski definition) is 21. The molecule has 1 saturated heterocycles. The first-order valence-electron chi connectivity index (χ1n) is 33.2. The van der Waals surface area contributed by atoms with Gasteiger partial charge in [-0.25, -0.2) is 19.2 Å². The van der Waals surface area contributed by atoms with Crippen molar-refractivity contribution >= 4 is 67.3 Å². The molecule has 1 unspecified atom stereocenters. The molecule has 7 N–H and O–H groups in total. The molecule has 1 aliphatic heterocycles. The zero-order valence-corrected chi connectivity index (χ0v) is 57.1. The van der Waals surface area contributed by atoms with Gasteiger partial charge in [0.1, 0.15) is 44.6 Å². The lowest BCUT2D eigenvalue weighted by Crippen LogP contribution is -2.49. The molecule has 1 aliphatic rings. The summed E-state index contributed by atoms with van der Waals surface area (Å²) in [5.41, 5.74) is 3.55. The maximum absolute atomic E-state index is 14.7. The summed E-state index contributed by atoms with van der Waals surface area (Å²) in [5.74, 6) is -8.30. The minimum atomic E-state index is -4.52. The quantitative estimate of drug-likeness (QED) is 0.0114. The van der Waals surface area contributed by atoms with Crippen molar-refractivity contribution in [1.29, 1.82) is 0 Å². The van der Waals surface area contributed by atoms with Gasteiger partial charge >= 0.3 is 49.5 Å². The van der Waals surface area contributed by atoms with Crippen molar-refractivity contribution < 1.29 is 95.8 Å². The number of rotatable bonds is 41. The number of nitrogens with one attached hydrogen (secondary N) is 4. The monoisotopic (exact) mass is 1410 g/mol. The number of ether oxygens (including phenoxy) is 4. The molecule has 100 heavy (non-hydrogen) atoms. The normalized spacial score (nSPS) is 15.0. The lowest BCUT2D eigenvalue weighted by atomic mass is 10.1. The van der Waals surface area contributed by atoms with E-state index in [2.05, 4.69) is 21.0 Å². The molecular formula is C71H91N8O20P. The van der Waals surface area contributed by atoms with Gasteiger partial charge in [0, 0.05) is 83.7 Å². The smallest absolute Gasteiger partial charge is 0.406 e. The number of hydrogen-bond donors (Lipinski definition) is 7. The minimum absolute atomic E-state index is 0.0237. The van der Waals surface area contributed by atoms with Crippen LogP contribution in [-0.2, 0) is 109 Å². The summed E-state index contributed by atoms with van der Waals surface area (Å²) in [6.07, 6.45) is -0.281. The Bertz CT molecular complexity index is 3400. The zero-order chi connectivity index (χ0) is 71.9. The molecule has 540 valence electrons. The van der Waals surface area contributed by atoms with Crippen LogP contribution >= 0.6 is 7.75 Å². The second-order valence-electron chi connectivity index (χ2n) is 23.7. The van der Waals surface area contributed by atoms with Crippen molar-refractivity contribution in [2.24, 2.45) is 0 Å². The molecule has 1 fully saturated rings. The fourth-order valence-corrected chi connectivity index (χ4v) is 11.8. The standard InChI is InChI=1S/C71H91N8O20P/c1-2-3-43-98-100(93,75-61(71(92)97-52-57-22-14-7-15-23-57)29-31-67(88)94-49-54-16-8-4-9-17-54)99-44-33-60(70(91)96-51-56-20-12-6-13-21-56)73-62(80)30-28-59(69(90)95-50-55-18-10-5-11-19-55)74-68(89)58-26-24-53(25-27-58)32-34-72-63(81)45-76-35-37-77(46-64(82)83)39-41-79(48-66(86)87)42-40-78(38-36-76)47-65(84)85/h4-27,59-61H,2-3,28-52H2,1H3,(H,72,81)(H,73,80)(H,74,89)(H,75,93)(H,82,83)(H,84,85)(H,86,87)/t59-,60+,61+,100?/m1/s1. The lowest BCUT2D eigenvalue weighted by Gasteiger charge is -2.32. The average molecular weight is 1410 g/mol. The van der Waals surface area contributed by atoms with Crippen LogP contribution in [0, 0.1) is 0 Å². The van der Waals surface area contributed by atoms with Gasteiger partial charge in [-0.3, -0.25) is 67.0 Å². The first kappa shape index (κ1) is 79.7. The third kappa shape index (κ3) is 31.7. The second-order valence-corrected chi connectivity index (χ2v) is 25.5. The van der Waals surface area contributed by atoms with Crippen LogP contribution in [0.4, 0.5) is 0 Å². The number of aliphatic carboxylic acids is 3. The predicted octanol–water partition coefficient (Wildman–Crippen LogP) is 5.23. The lowest BCUT2D eigenvalue weighted by molar-refractivity contribution is -0.150. The Kier molecular flexibility index (Phi) is 35.1. The summed E-state index contributed by atoms with van der Waals surface area (Å²) in [6.45, 7) is 1.81. The van der Waals surface area contributed by atoms with Crippen LogP contribution in [-0.4, -0.2) is 211 Å². The van der Waals surface area contributed by atoms with E-state index in [1.165, 1.54) is 12.1 Å². The van der Waals surface area contributed by atoms with Gasteiger partial charge in [-0.1, -0.05) is 147 Å². The van der Waals surface area contributed by atoms with Gasteiger partial charge in [0.15, 0.2) is 0 Å². The van der Waals surface area contributed by atoms with Gasteiger partial charge in [0.2, 0.25) is 11.8 Å². The molecule has 5 aromatic rings. The Morgan fingerprint density at radius 1 is 0.440 bits per heavy atom. The van der Waals surface area contributed by atoms with Crippen molar-refractivity contribution in [1.82, 2.24) is 40.6 Å². The van der Waals surface area contributed by atoms with E-state index < -0.39 is 92.5 Å². The fourth-order valence-electron chi connectivity index (χ4n) is 10.2. The first-order chi connectivity index (χ1) is 48.2. The summed E-state index contributed by atoms with van der Waals surface area (Å²) in [6, 6.07) is 37.4. The highest BCUT2D eigenvalue weighted by atomic mass is 31.2. The number of carboxylic acid groups (broad SMARTS) is 3. The van der Waals surface area contributed by atoms with Crippen LogP contribution in [0.5, 0.6) is 0 Å². The van der Waals surface area contributed by atoms with Gasteiger partial charge in [-0.2, -0.15) is 0 Å². The van der Waals surface area contributed by atoms with E-state index >= 15 is 0 Å². The highest BCUT2D eigenvalue weighted by Crippen LogP contribution is 2.45. The van der Waals surface area contributed by atoms with E-state index in [9.17, 15) is 67.8 Å². The molecule has 0 spiro atoms. The predicted molar refractivity (Wildman–Crippen MR) is 364 cm³/mol. The number of carboxylic acids is 3. The molecule has 6 rings (SSSR count). The van der Waals surface area contributed by atoms with Gasteiger partial charge in [0.05, 0.1) is 39.4 Å². The maximum atomic E-state index is 14.7. The number of benzene rings is 5. The van der Waals surface area contributed by atoms with Crippen molar-refractivity contribution in [3.8, 4) is 0 Å². The summed E-state index contributed by atoms with van der Waals surface area (Å²) in [4.78, 5) is 138. The molecule has 0 aliphatic carbocycles. The van der Waals surface area contributed by atoms with Crippen molar-refractivity contribution in [3.63, 3.8) is 0 Å². The molecule has 0 aromatic heterocycles. The Balaban J connectivity index is 1.10. The molecule has 29 heteroatoms. The molecule has 5 aromatic carbocycles. The Morgan fingerprint density at radius 2 is 0.830 bits per heavy atom.